The Morgan fingerprint density at radius 2 is 1.81 bits per heavy atom. The topological polar surface area (TPSA) is 82.5 Å². The summed E-state index contributed by atoms with van der Waals surface area (Å²) in [6, 6.07) is 4.98. The zero-order valence-electron chi connectivity index (χ0n) is 16.2. The fourth-order valence-corrected chi connectivity index (χ4v) is 4.18. The first-order valence-electron chi connectivity index (χ1n) is 8.80. The standard InChI is InChI=1S/C18H26ClN3O4S/c1-6-25-14-9-8-13(10-15(14)26-7-2)17(12(3)4)21-27(23,24)16-11-22(5)18(19)20-16/h8-12,17,21H,6-7H2,1-5H3. The molecule has 7 nitrogen and oxygen atoms in total. The molecule has 27 heavy (non-hydrogen) atoms. The lowest BCUT2D eigenvalue weighted by atomic mass is 9.97. The van der Waals surface area contributed by atoms with Gasteiger partial charge in [0.25, 0.3) is 10.0 Å². The molecule has 0 aliphatic heterocycles. The maximum Gasteiger partial charge on any atom is 0.260 e. The summed E-state index contributed by atoms with van der Waals surface area (Å²) in [6.45, 7) is 8.65. The number of sulfonamides is 1. The van der Waals surface area contributed by atoms with Gasteiger partial charge in [0.1, 0.15) is 0 Å². The average Bonchev–Trinajstić information content (AvgIpc) is 2.95. The normalized spacial score (nSPS) is 13.0. The molecule has 150 valence electrons. The summed E-state index contributed by atoms with van der Waals surface area (Å²) in [5, 5.41) is -0.00668. The van der Waals surface area contributed by atoms with Crippen molar-refractivity contribution < 1.29 is 17.9 Å². The molecule has 1 aromatic carbocycles. The van der Waals surface area contributed by atoms with Gasteiger partial charge in [0.15, 0.2) is 16.5 Å². The van der Waals surface area contributed by atoms with Gasteiger partial charge in [0.2, 0.25) is 5.28 Å². The molecule has 0 saturated carbocycles. The van der Waals surface area contributed by atoms with E-state index in [2.05, 4.69) is 9.71 Å². The molecule has 0 aliphatic rings. The van der Waals surface area contributed by atoms with E-state index in [0.29, 0.717) is 24.7 Å². The number of aromatic nitrogens is 2. The molecule has 2 rings (SSSR count). The number of rotatable bonds is 9. The summed E-state index contributed by atoms with van der Waals surface area (Å²) in [5.74, 6) is 1.21. The second kappa shape index (κ2) is 8.95. The Morgan fingerprint density at radius 1 is 1.19 bits per heavy atom. The Labute approximate surface area is 165 Å². The Kier molecular flexibility index (Phi) is 7.13. The van der Waals surface area contributed by atoms with E-state index in [1.54, 1.807) is 13.1 Å². The highest BCUT2D eigenvalue weighted by Crippen LogP contribution is 2.33. The SMILES string of the molecule is CCOc1ccc(C(NS(=O)(=O)c2cn(C)c(Cl)n2)C(C)C)cc1OCC. The summed E-state index contributed by atoms with van der Waals surface area (Å²) in [6.07, 6.45) is 1.38. The Hall–Kier alpha value is -1.77. The molecule has 0 radical (unpaired) electrons. The van der Waals surface area contributed by atoms with Gasteiger partial charge in [-0.1, -0.05) is 19.9 Å². The molecule has 0 saturated heterocycles. The fourth-order valence-electron chi connectivity index (χ4n) is 2.62. The summed E-state index contributed by atoms with van der Waals surface area (Å²) >= 11 is 5.88. The van der Waals surface area contributed by atoms with Crippen LogP contribution < -0.4 is 14.2 Å². The van der Waals surface area contributed by atoms with Crippen LogP contribution in [0.3, 0.4) is 0 Å². The largest absolute Gasteiger partial charge is 0.490 e. The highest BCUT2D eigenvalue weighted by molar-refractivity contribution is 7.89. The molecule has 1 unspecified atom stereocenters. The van der Waals surface area contributed by atoms with Gasteiger partial charge < -0.3 is 14.0 Å². The molecule has 1 atom stereocenters. The molecule has 0 aliphatic carbocycles. The number of ether oxygens (including phenoxy) is 2. The first-order chi connectivity index (χ1) is 12.7. The first kappa shape index (κ1) is 21.5. The minimum Gasteiger partial charge on any atom is -0.490 e. The van der Waals surface area contributed by atoms with Gasteiger partial charge in [0.05, 0.1) is 13.2 Å². The molecule has 9 heteroatoms. The third-order valence-electron chi connectivity index (χ3n) is 3.95. The van der Waals surface area contributed by atoms with Crippen LogP contribution in [-0.4, -0.2) is 31.2 Å². The van der Waals surface area contributed by atoms with Gasteiger partial charge in [0, 0.05) is 19.3 Å². The lowest BCUT2D eigenvalue weighted by molar-refractivity contribution is 0.287. The zero-order valence-corrected chi connectivity index (χ0v) is 17.8. The van der Waals surface area contributed by atoms with E-state index in [4.69, 9.17) is 21.1 Å². The summed E-state index contributed by atoms with van der Waals surface area (Å²) in [7, 11) is -2.20. The fraction of sp³-hybridized carbons (Fsp3) is 0.500. The predicted octanol–water partition coefficient (Wildman–Crippen LogP) is 3.55. The Morgan fingerprint density at radius 3 is 2.33 bits per heavy atom. The predicted molar refractivity (Wildman–Crippen MR) is 105 cm³/mol. The average molecular weight is 416 g/mol. The van der Waals surface area contributed by atoms with Crippen molar-refractivity contribution >= 4 is 21.6 Å². The summed E-state index contributed by atoms with van der Waals surface area (Å²) < 4.78 is 40.9. The van der Waals surface area contributed by atoms with Crippen LogP contribution in [0.4, 0.5) is 0 Å². The molecule has 1 heterocycles. The first-order valence-corrected chi connectivity index (χ1v) is 10.7. The highest BCUT2D eigenvalue weighted by Gasteiger charge is 2.27. The van der Waals surface area contributed by atoms with Crippen molar-refractivity contribution in [2.45, 2.75) is 38.8 Å². The van der Waals surface area contributed by atoms with E-state index in [1.165, 1.54) is 10.8 Å². The van der Waals surface area contributed by atoms with Crippen molar-refractivity contribution in [1.82, 2.24) is 14.3 Å². The molecular formula is C18H26ClN3O4S. The van der Waals surface area contributed by atoms with Gasteiger partial charge in [-0.15, -0.1) is 0 Å². The van der Waals surface area contributed by atoms with Crippen molar-refractivity contribution in [1.29, 1.82) is 0 Å². The van der Waals surface area contributed by atoms with Gasteiger partial charge in [-0.2, -0.15) is 0 Å². The molecule has 0 bridgehead atoms. The number of hydrogen-bond acceptors (Lipinski definition) is 5. The second-order valence-electron chi connectivity index (χ2n) is 6.37. The number of halogens is 1. The van der Waals surface area contributed by atoms with Crippen LogP contribution in [0.1, 0.15) is 39.3 Å². The van der Waals surface area contributed by atoms with Crippen LogP contribution >= 0.6 is 11.6 Å². The lowest BCUT2D eigenvalue weighted by Gasteiger charge is -2.23. The molecule has 0 fully saturated rings. The number of imidazole rings is 1. The molecule has 2 aromatic rings. The van der Waals surface area contributed by atoms with E-state index < -0.39 is 16.1 Å². The minimum absolute atomic E-state index is 0.00798. The van der Waals surface area contributed by atoms with E-state index in [0.717, 1.165) is 5.56 Å². The number of aryl methyl sites for hydroxylation is 1. The van der Waals surface area contributed by atoms with Gasteiger partial charge in [-0.05, 0) is 49.1 Å². The van der Waals surface area contributed by atoms with Crippen molar-refractivity contribution in [2.24, 2.45) is 13.0 Å². The minimum atomic E-state index is -3.84. The maximum atomic E-state index is 12.8. The van der Waals surface area contributed by atoms with Gasteiger partial charge >= 0.3 is 0 Å². The molecule has 1 aromatic heterocycles. The number of hydrogen-bond donors (Lipinski definition) is 1. The number of benzene rings is 1. The molecular weight excluding hydrogens is 390 g/mol. The lowest BCUT2D eigenvalue weighted by Crippen LogP contribution is -2.32. The molecule has 0 amide bonds. The van der Waals surface area contributed by atoms with Crippen LogP contribution in [-0.2, 0) is 17.1 Å². The zero-order chi connectivity index (χ0) is 20.2. The third-order valence-corrected chi connectivity index (χ3v) is 5.61. The summed E-state index contributed by atoms with van der Waals surface area (Å²) in [5.41, 5.74) is 0.780. The van der Waals surface area contributed by atoms with Crippen molar-refractivity contribution in [3.63, 3.8) is 0 Å². The summed E-state index contributed by atoms with van der Waals surface area (Å²) in [4.78, 5) is 3.91. The Balaban J connectivity index is 2.38. The Bertz CT molecular complexity index is 861. The van der Waals surface area contributed by atoms with Crippen molar-refractivity contribution in [3.05, 3.63) is 35.2 Å². The monoisotopic (exact) mass is 415 g/mol. The number of nitrogens with zero attached hydrogens (tertiary/aromatic N) is 2. The quantitative estimate of drug-likeness (QED) is 0.677. The molecule has 1 N–H and O–H groups in total. The van der Waals surface area contributed by atoms with Crippen LogP contribution in [0.2, 0.25) is 5.28 Å². The van der Waals surface area contributed by atoms with E-state index in [-0.39, 0.29) is 16.2 Å². The van der Waals surface area contributed by atoms with Crippen molar-refractivity contribution in [3.8, 4) is 11.5 Å². The van der Waals surface area contributed by atoms with Gasteiger partial charge in [-0.25, -0.2) is 18.1 Å². The number of nitrogens with one attached hydrogen (secondary N) is 1. The van der Waals surface area contributed by atoms with Crippen LogP contribution in [0, 0.1) is 5.92 Å². The second-order valence-corrected chi connectivity index (χ2v) is 8.37. The smallest absolute Gasteiger partial charge is 0.260 e. The van der Waals surface area contributed by atoms with E-state index >= 15 is 0 Å². The van der Waals surface area contributed by atoms with Crippen molar-refractivity contribution in [2.75, 3.05) is 13.2 Å². The van der Waals surface area contributed by atoms with Crippen LogP contribution in [0.5, 0.6) is 11.5 Å². The van der Waals surface area contributed by atoms with E-state index in [9.17, 15) is 8.42 Å². The third kappa shape index (κ3) is 5.15. The highest BCUT2D eigenvalue weighted by atomic mass is 35.5. The van der Waals surface area contributed by atoms with Crippen LogP contribution in [0.15, 0.2) is 29.4 Å². The van der Waals surface area contributed by atoms with Crippen LogP contribution in [0.25, 0.3) is 0 Å². The molecule has 0 spiro atoms. The maximum absolute atomic E-state index is 12.8. The van der Waals surface area contributed by atoms with E-state index in [1.807, 2.05) is 39.8 Å². The van der Waals surface area contributed by atoms with Gasteiger partial charge in [-0.3, -0.25) is 0 Å².